The summed E-state index contributed by atoms with van der Waals surface area (Å²) in [4.78, 5) is 20.4. The lowest BCUT2D eigenvalue weighted by Gasteiger charge is -2.42. The Morgan fingerprint density at radius 2 is 1.94 bits per heavy atom. The molecule has 1 N–H and O–H groups in total. The van der Waals surface area contributed by atoms with Gasteiger partial charge in [-0.2, -0.15) is 0 Å². The molecule has 12 heteroatoms. The molecular weight excluding hydrogens is 482 g/mol. The zero-order chi connectivity index (χ0) is 25.3. The normalized spacial score (nSPS) is 22.4. The van der Waals surface area contributed by atoms with Crippen LogP contribution in [0.3, 0.4) is 0 Å². The number of piperidine rings is 1. The van der Waals surface area contributed by atoms with E-state index >= 15 is 0 Å². The minimum Gasteiger partial charge on any atom is -0.444 e. The fraction of sp³-hybridized carbons (Fsp3) is 0.727. The van der Waals surface area contributed by atoms with E-state index in [1.165, 1.54) is 17.2 Å². The van der Waals surface area contributed by atoms with Gasteiger partial charge in [0.25, 0.3) is 0 Å². The number of likely N-dealkylation sites (tertiary alicyclic amines) is 1. The van der Waals surface area contributed by atoms with Crippen LogP contribution >= 0.6 is 0 Å². The van der Waals surface area contributed by atoms with Gasteiger partial charge in [-0.05, 0) is 57.7 Å². The molecule has 0 spiro atoms. The summed E-state index contributed by atoms with van der Waals surface area (Å²) in [5.74, 6) is 0.461. The number of amides is 1. The summed E-state index contributed by atoms with van der Waals surface area (Å²) in [6, 6.07) is 3.15. The van der Waals surface area contributed by atoms with E-state index in [1.807, 2.05) is 11.8 Å². The number of ether oxygens (including phenoxy) is 2. The molecule has 192 valence electrons. The van der Waals surface area contributed by atoms with Crippen LogP contribution < -0.4 is 4.90 Å². The van der Waals surface area contributed by atoms with Gasteiger partial charge in [0.2, 0.25) is 11.1 Å². The molecule has 34 heavy (non-hydrogen) atoms. The maximum Gasteiger partial charge on any atom is 0.410 e. The third-order valence-corrected chi connectivity index (χ3v) is 9.05. The second kappa shape index (κ2) is 10.1. The van der Waals surface area contributed by atoms with Crippen LogP contribution in [-0.2, 0) is 35.1 Å². The SMILES string of the molecule is CCC1COCCN1c1cc(C2(S(C)(=O)=O)CCN(C(=O)OC(C)(C)C)CC2)cc(S(=O)O)n1. The summed E-state index contributed by atoms with van der Waals surface area (Å²) in [5.41, 5.74) is -0.237. The second-order valence-electron chi connectivity index (χ2n) is 9.87. The van der Waals surface area contributed by atoms with Gasteiger partial charge in [0, 0.05) is 25.9 Å². The maximum absolute atomic E-state index is 13.2. The number of carbonyl (C=O) groups is 1. The van der Waals surface area contributed by atoms with Gasteiger partial charge in [-0.15, -0.1) is 0 Å². The van der Waals surface area contributed by atoms with Crippen LogP contribution in [0.5, 0.6) is 0 Å². The van der Waals surface area contributed by atoms with Crippen LogP contribution in [0.2, 0.25) is 0 Å². The molecule has 1 aromatic heterocycles. The Morgan fingerprint density at radius 1 is 1.29 bits per heavy atom. The molecule has 0 saturated carbocycles. The van der Waals surface area contributed by atoms with Gasteiger partial charge < -0.3 is 23.8 Å². The first-order chi connectivity index (χ1) is 15.8. The van der Waals surface area contributed by atoms with Gasteiger partial charge in [0.15, 0.2) is 14.9 Å². The highest BCUT2D eigenvalue weighted by atomic mass is 32.2. The highest BCUT2D eigenvalue weighted by Crippen LogP contribution is 2.42. The molecule has 0 radical (unpaired) electrons. The number of aromatic nitrogens is 1. The van der Waals surface area contributed by atoms with Gasteiger partial charge >= 0.3 is 6.09 Å². The van der Waals surface area contributed by atoms with Crippen molar-refractivity contribution in [1.29, 1.82) is 0 Å². The van der Waals surface area contributed by atoms with Crippen LogP contribution in [-0.4, -0.2) is 83.9 Å². The molecular formula is C22H35N3O7S2. The Balaban J connectivity index is 2.01. The van der Waals surface area contributed by atoms with Crippen molar-refractivity contribution < 1.29 is 31.4 Å². The fourth-order valence-electron chi connectivity index (χ4n) is 4.54. The molecule has 2 saturated heterocycles. The van der Waals surface area contributed by atoms with E-state index in [9.17, 15) is 22.0 Å². The first kappa shape index (κ1) is 26.8. The summed E-state index contributed by atoms with van der Waals surface area (Å²) in [6.45, 7) is 9.26. The van der Waals surface area contributed by atoms with E-state index in [1.54, 1.807) is 26.8 Å². The Morgan fingerprint density at radius 3 is 2.47 bits per heavy atom. The lowest BCUT2D eigenvalue weighted by Crippen LogP contribution is -2.50. The predicted molar refractivity (Wildman–Crippen MR) is 129 cm³/mol. The lowest BCUT2D eigenvalue weighted by atomic mass is 9.88. The van der Waals surface area contributed by atoms with Gasteiger partial charge in [-0.3, -0.25) is 0 Å². The zero-order valence-corrected chi connectivity index (χ0v) is 22.1. The van der Waals surface area contributed by atoms with E-state index in [0.717, 1.165) is 6.42 Å². The summed E-state index contributed by atoms with van der Waals surface area (Å²) in [6.07, 6.45) is 1.76. The Hall–Kier alpha value is -1.76. The number of carbonyl (C=O) groups excluding carboxylic acids is 1. The van der Waals surface area contributed by atoms with Gasteiger partial charge in [-0.1, -0.05) is 6.92 Å². The Labute approximate surface area is 204 Å². The van der Waals surface area contributed by atoms with E-state index in [2.05, 4.69) is 4.98 Å². The van der Waals surface area contributed by atoms with Crippen molar-refractivity contribution in [2.24, 2.45) is 0 Å². The summed E-state index contributed by atoms with van der Waals surface area (Å²) in [5, 5.41) is -0.0913. The minimum atomic E-state index is -3.66. The van der Waals surface area contributed by atoms with Crippen LogP contribution in [0.4, 0.5) is 10.6 Å². The first-order valence-electron chi connectivity index (χ1n) is 11.4. The van der Waals surface area contributed by atoms with Gasteiger partial charge in [0.05, 0.1) is 19.3 Å². The molecule has 10 nitrogen and oxygen atoms in total. The molecule has 2 aliphatic heterocycles. The van der Waals surface area contributed by atoms with Crippen LogP contribution in [0, 0.1) is 0 Å². The number of nitrogens with zero attached hydrogens (tertiary/aromatic N) is 3. The summed E-state index contributed by atoms with van der Waals surface area (Å²) < 4.78 is 57.9. The van der Waals surface area contributed by atoms with E-state index in [-0.39, 0.29) is 37.0 Å². The van der Waals surface area contributed by atoms with E-state index in [0.29, 0.717) is 31.1 Å². The molecule has 2 aliphatic rings. The number of hydrogen-bond donors (Lipinski definition) is 1. The van der Waals surface area contributed by atoms with Crippen molar-refractivity contribution in [3.63, 3.8) is 0 Å². The molecule has 2 unspecified atom stereocenters. The molecule has 3 heterocycles. The van der Waals surface area contributed by atoms with Crippen LogP contribution in [0.1, 0.15) is 52.5 Å². The highest BCUT2D eigenvalue weighted by Gasteiger charge is 2.47. The average Bonchev–Trinajstić information content (AvgIpc) is 2.76. The number of morpholine rings is 1. The standard InChI is InChI=1S/C22H35N3O7S2/c1-6-17-15-31-12-11-25(17)18-13-16(14-19(23-18)33(27)28)22(34(5,29)30)7-9-24(10-8-22)20(26)32-21(2,3)4/h13-14,17H,6-12,15H2,1-5H3,(H,27,28). The average molecular weight is 518 g/mol. The predicted octanol–water partition coefficient (Wildman–Crippen LogP) is 2.55. The second-order valence-corrected chi connectivity index (χ2v) is 13.1. The minimum absolute atomic E-state index is 0.0275. The molecule has 2 atom stereocenters. The lowest BCUT2D eigenvalue weighted by molar-refractivity contribution is 0.0192. The quantitative estimate of drug-likeness (QED) is 0.586. The highest BCUT2D eigenvalue weighted by molar-refractivity contribution is 7.91. The third-order valence-electron chi connectivity index (χ3n) is 6.42. The monoisotopic (exact) mass is 517 g/mol. The molecule has 1 aromatic rings. The van der Waals surface area contributed by atoms with Crippen LogP contribution in [0.25, 0.3) is 0 Å². The Kier molecular flexibility index (Phi) is 7.96. The molecule has 0 bridgehead atoms. The van der Waals surface area contributed by atoms with Crippen molar-refractivity contribution in [3.8, 4) is 0 Å². The molecule has 1 amide bonds. The molecule has 3 rings (SSSR count). The number of pyridine rings is 1. The van der Waals surface area contributed by atoms with Crippen molar-refractivity contribution in [3.05, 3.63) is 17.7 Å². The van der Waals surface area contributed by atoms with Crippen LogP contribution in [0.15, 0.2) is 17.2 Å². The smallest absolute Gasteiger partial charge is 0.410 e. The number of hydrogen-bond acceptors (Lipinski definition) is 8. The third kappa shape index (κ3) is 5.72. The van der Waals surface area contributed by atoms with Crippen molar-refractivity contribution in [1.82, 2.24) is 9.88 Å². The molecule has 0 aromatic carbocycles. The van der Waals surface area contributed by atoms with Crippen molar-refractivity contribution in [2.45, 2.75) is 68.4 Å². The number of rotatable bonds is 5. The largest absolute Gasteiger partial charge is 0.444 e. The fourth-order valence-corrected chi connectivity index (χ4v) is 6.41. The first-order valence-corrected chi connectivity index (χ1v) is 14.4. The molecule has 2 fully saturated rings. The number of anilines is 1. The zero-order valence-electron chi connectivity index (χ0n) is 20.4. The molecule has 0 aliphatic carbocycles. The topological polar surface area (TPSA) is 126 Å². The Bertz CT molecular complexity index is 1030. The van der Waals surface area contributed by atoms with Gasteiger partial charge in [0.1, 0.15) is 16.2 Å². The van der Waals surface area contributed by atoms with Crippen molar-refractivity contribution >= 4 is 32.8 Å². The maximum atomic E-state index is 13.2. The summed E-state index contributed by atoms with van der Waals surface area (Å²) in [7, 11) is -3.66. The van der Waals surface area contributed by atoms with E-state index in [4.69, 9.17) is 9.47 Å². The van der Waals surface area contributed by atoms with Gasteiger partial charge in [-0.25, -0.2) is 22.4 Å². The number of sulfone groups is 1. The van der Waals surface area contributed by atoms with Crippen molar-refractivity contribution in [2.75, 3.05) is 44.0 Å². The van der Waals surface area contributed by atoms with E-state index < -0.39 is 37.4 Å². The summed E-state index contributed by atoms with van der Waals surface area (Å²) >= 11 is -2.39.